The van der Waals surface area contributed by atoms with Crippen molar-refractivity contribution in [2.75, 3.05) is 6.54 Å². The molecule has 0 aromatic heterocycles. The van der Waals surface area contributed by atoms with Crippen LogP contribution < -0.4 is 11.1 Å². The van der Waals surface area contributed by atoms with Gasteiger partial charge in [0, 0.05) is 24.4 Å². The number of aliphatic hydroxyl groups excluding tert-OH is 1. The second kappa shape index (κ2) is 4.14. The molecule has 0 aliphatic heterocycles. The van der Waals surface area contributed by atoms with E-state index < -0.39 is 0 Å². The third-order valence-electron chi connectivity index (χ3n) is 3.12. The van der Waals surface area contributed by atoms with Crippen molar-refractivity contribution in [3.63, 3.8) is 0 Å². The van der Waals surface area contributed by atoms with Crippen LogP contribution in [0.25, 0.3) is 0 Å². The van der Waals surface area contributed by atoms with E-state index in [-0.39, 0.29) is 17.4 Å². The molecule has 14 heavy (non-hydrogen) atoms. The zero-order chi connectivity index (χ0) is 10.8. The minimum Gasteiger partial charge on any atom is -0.409 e. The molecule has 0 heterocycles. The maximum atomic E-state index is 9.47. The molecule has 1 aliphatic rings. The van der Waals surface area contributed by atoms with E-state index in [0.29, 0.717) is 19.0 Å². The van der Waals surface area contributed by atoms with Crippen LogP contribution in [0, 0.1) is 5.41 Å². The molecular weight excluding hydrogens is 182 g/mol. The maximum absolute atomic E-state index is 9.47. The molecule has 82 valence electrons. The Balaban J connectivity index is 2.21. The Hall–Kier alpha value is -0.810. The monoisotopic (exact) mass is 201 g/mol. The smallest absolute Gasteiger partial charge is 0.140 e. The summed E-state index contributed by atoms with van der Waals surface area (Å²) < 4.78 is 0. The summed E-state index contributed by atoms with van der Waals surface area (Å²) >= 11 is 0. The molecule has 2 unspecified atom stereocenters. The standard InChI is InChI=1S/C9H19N3O2/c1-9(2)6(5-7(9)13)11-4-3-8(10)12-14/h6-7,11,13-14H,3-5H2,1-2H3,(H2,10,12). The summed E-state index contributed by atoms with van der Waals surface area (Å²) in [6.07, 6.45) is 1.09. The normalized spacial score (nSPS) is 31.2. The third-order valence-corrected chi connectivity index (χ3v) is 3.12. The summed E-state index contributed by atoms with van der Waals surface area (Å²) in [4.78, 5) is 0. The fraction of sp³-hybridized carbons (Fsp3) is 0.889. The molecule has 1 aliphatic carbocycles. The van der Waals surface area contributed by atoms with Crippen molar-refractivity contribution < 1.29 is 10.3 Å². The average Bonchev–Trinajstić information content (AvgIpc) is 2.16. The Labute approximate surface area is 84.0 Å². The SMILES string of the molecule is CC1(C)C(O)CC1NCCC(N)=NO. The van der Waals surface area contributed by atoms with Crippen molar-refractivity contribution in [3.05, 3.63) is 0 Å². The van der Waals surface area contributed by atoms with E-state index in [1.807, 2.05) is 13.8 Å². The van der Waals surface area contributed by atoms with Crippen LogP contribution in [0.1, 0.15) is 26.7 Å². The van der Waals surface area contributed by atoms with Crippen molar-refractivity contribution >= 4 is 5.84 Å². The van der Waals surface area contributed by atoms with E-state index in [9.17, 15) is 5.11 Å². The predicted octanol–water partition coefficient (Wildman–Crippen LogP) is -0.128. The van der Waals surface area contributed by atoms with Gasteiger partial charge in [-0.15, -0.1) is 0 Å². The Bertz CT molecular complexity index is 228. The largest absolute Gasteiger partial charge is 0.409 e. The van der Waals surface area contributed by atoms with Crippen molar-refractivity contribution in [2.45, 2.75) is 38.8 Å². The van der Waals surface area contributed by atoms with Crippen LogP contribution in [-0.4, -0.2) is 34.8 Å². The Kier molecular flexibility index (Phi) is 3.34. The number of amidine groups is 1. The fourth-order valence-corrected chi connectivity index (χ4v) is 1.67. The van der Waals surface area contributed by atoms with Crippen LogP contribution in [0.5, 0.6) is 0 Å². The van der Waals surface area contributed by atoms with Crippen molar-refractivity contribution in [1.29, 1.82) is 0 Å². The summed E-state index contributed by atoms with van der Waals surface area (Å²) in [6, 6.07) is 0.323. The van der Waals surface area contributed by atoms with Gasteiger partial charge in [-0.25, -0.2) is 0 Å². The van der Waals surface area contributed by atoms with Crippen molar-refractivity contribution in [3.8, 4) is 0 Å². The molecule has 0 aromatic carbocycles. The minimum atomic E-state index is -0.219. The van der Waals surface area contributed by atoms with Gasteiger partial charge in [0.05, 0.1) is 6.10 Å². The van der Waals surface area contributed by atoms with Crippen molar-refractivity contribution in [2.24, 2.45) is 16.3 Å². The van der Waals surface area contributed by atoms with Crippen LogP contribution in [0.2, 0.25) is 0 Å². The summed E-state index contributed by atoms with van der Waals surface area (Å²) in [5, 5.41) is 23.9. The molecular formula is C9H19N3O2. The summed E-state index contributed by atoms with van der Waals surface area (Å²) in [5.74, 6) is 0.232. The second-order valence-electron chi connectivity index (χ2n) is 4.42. The topological polar surface area (TPSA) is 90.9 Å². The summed E-state index contributed by atoms with van der Waals surface area (Å²) in [6.45, 7) is 4.74. The van der Waals surface area contributed by atoms with Gasteiger partial charge >= 0.3 is 0 Å². The average molecular weight is 201 g/mol. The van der Waals surface area contributed by atoms with Crippen LogP contribution in [-0.2, 0) is 0 Å². The summed E-state index contributed by atoms with van der Waals surface area (Å²) in [7, 11) is 0. The van der Waals surface area contributed by atoms with E-state index in [1.165, 1.54) is 0 Å². The van der Waals surface area contributed by atoms with Gasteiger partial charge in [-0.2, -0.15) is 0 Å². The number of nitrogens with two attached hydrogens (primary N) is 1. The first-order chi connectivity index (χ1) is 6.48. The van der Waals surface area contributed by atoms with Gasteiger partial charge in [-0.05, 0) is 6.42 Å². The molecule has 1 rings (SSSR count). The molecule has 1 saturated carbocycles. The van der Waals surface area contributed by atoms with Gasteiger partial charge in [0.1, 0.15) is 5.84 Å². The second-order valence-corrected chi connectivity index (χ2v) is 4.42. The number of hydrogen-bond donors (Lipinski definition) is 4. The van der Waals surface area contributed by atoms with E-state index in [4.69, 9.17) is 10.9 Å². The highest BCUT2D eigenvalue weighted by Gasteiger charge is 2.46. The van der Waals surface area contributed by atoms with Crippen LogP contribution in [0.4, 0.5) is 0 Å². The number of hydrogen-bond acceptors (Lipinski definition) is 4. The lowest BCUT2D eigenvalue weighted by atomic mass is 9.64. The van der Waals surface area contributed by atoms with Gasteiger partial charge in [0.25, 0.3) is 0 Å². The van der Waals surface area contributed by atoms with E-state index in [0.717, 1.165) is 6.42 Å². The van der Waals surface area contributed by atoms with Crippen molar-refractivity contribution in [1.82, 2.24) is 5.32 Å². The fourth-order valence-electron chi connectivity index (χ4n) is 1.67. The molecule has 2 atom stereocenters. The van der Waals surface area contributed by atoms with E-state index in [2.05, 4.69) is 10.5 Å². The predicted molar refractivity (Wildman–Crippen MR) is 54.2 cm³/mol. The zero-order valence-corrected chi connectivity index (χ0v) is 8.70. The molecule has 0 saturated heterocycles. The molecule has 5 nitrogen and oxygen atoms in total. The minimum absolute atomic E-state index is 0.0644. The molecule has 5 heteroatoms. The first kappa shape index (κ1) is 11.3. The maximum Gasteiger partial charge on any atom is 0.140 e. The Morgan fingerprint density at radius 3 is 2.71 bits per heavy atom. The molecule has 0 radical (unpaired) electrons. The van der Waals surface area contributed by atoms with Gasteiger partial charge in [0.2, 0.25) is 0 Å². The van der Waals surface area contributed by atoms with Crippen LogP contribution in [0.15, 0.2) is 5.16 Å². The number of aliphatic hydroxyl groups is 1. The quantitative estimate of drug-likeness (QED) is 0.221. The first-order valence-electron chi connectivity index (χ1n) is 4.86. The van der Waals surface area contributed by atoms with Crippen LogP contribution >= 0.6 is 0 Å². The Morgan fingerprint density at radius 2 is 2.29 bits per heavy atom. The zero-order valence-electron chi connectivity index (χ0n) is 8.70. The van der Waals surface area contributed by atoms with Crippen LogP contribution in [0.3, 0.4) is 0 Å². The first-order valence-corrected chi connectivity index (χ1v) is 4.86. The highest BCUT2D eigenvalue weighted by atomic mass is 16.4. The lowest BCUT2D eigenvalue weighted by Gasteiger charge is -2.49. The van der Waals surface area contributed by atoms with Gasteiger partial charge in [-0.1, -0.05) is 19.0 Å². The molecule has 1 fully saturated rings. The number of nitrogens with zero attached hydrogens (tertiary/aromatic N) is 1. The highest BCUT2D eigenvalue weighted by Crippen LogP contribution is 2.40. The van der Waals surface area contributed by atoms with E-state index in [1.54, 1.807) is 0 Å². The van der Waals surface area contributed by atoms with E-state index >= 15 is 0 Å². The molecule has 5 N–H and O–H groups in total. The third kappa shape index (κ3) is 2.16. The lowest BCUT2D eigenvalue weighted by Crippen LogP contribution is -2.60. The van der Waals surface area contributed by atoms with Gasteiger partial charge in [-0.3, -0.25) is 0 Å². The highest BCUT2D eigenvalue weighted by molar-refractivity contribution is 5.79. The molecule has 0 spiro atoms. The molecule has 0 bridgehead atoms. The number of rotatable bonds is 4. The summed E-state index contributed by atoms with van der Waals surface area (Å²) in [5.41, 5.74) is 5.26. The Morgan fingerprint density at radius 1 is 1.64 bits per heavy atom. The molecule has 0 aromatic rings. The number of oxime groups is 1. The van der Waals surface area contributed by atoms with Gasteiger partial charge < -0.3 is 21.4 Å². The molecule has 0 amide bonds. The van der Waals surface area contributed by atoms with Gasteiger partial charge in [0.15, 0.2) is 0 Å². The lowest BCUT2D eigenvalue weighted by molar-refractivity contribution is -0.0719. The number of nitrogens with one attached hydrogen (secondary N) is 1.